The molecular weight excluding hydrogens is 482 g/mol. The fourth-order valence-electron chi connectivity index (χ4n) is 5.08. The molecule has 2 amide bonds. The lowest BCUT2D eigenvalue weighted by molar-refractivity contribution is -0.142. The van der Waals surface area contributed by atoms with E-state index in [1.54, 1.807) is 23.4 Å². The number of ether oxygens (including phenoxy) is 1. The lowest BCUT2D eigenvalue weighted by Crippen LogP contribution is -2.56. The van der Waals surface area contributed by atoms with Gasteiger partial charge in [-0.05, 0) is 56.4 Å². The Morgan fingerprint density at radius 3 is 2.53 bits per heavy atom. The Balaban J connectivity index is 1.46. The molecule has 3 unspecified atom stereocenters. The Morgan fingerprint density at radius 1 is 1.21 bits per heavy atom. The number of carbonyl (C=O) groups excluding carboxylic acids is 1. The number of carboxylic acids is 1. The second-order valence-corrected chi connectivity index (χ2v) is 9.95. The molecular formula is C29H37N5O4. The highest BCUT2D eigenvalue weighted by molar-refractivity contribution is 5.90. The highest BCUT2D eigenvalue weighted by atomic mass is 16.5. The van der Waals surface area contributed by atoms with Gasteiger partial charge in [0.25, 0.3) is 0 Å². The van der Waals surface area contributed by atoms with Crippen LogP contribution in [0.3, 0.4) is 0 Å². The molecule has 2 fully saturated rings. The minimum absolute atomic E-state index is 0.153. The van der Waals surface area contributed by atoms with Gasteiger partial charge in [-0.1, -0.05) is 31.2 Å². The number of carbonyl (C=O) groups is 2. The number of aromatic nitrogens is 2. The maximum Gasteiger partial charge on any atom is 0.322 e. The normalized spacial score (nSPS) is 22.7. The first-order valence-corrected chi connectivity index (χ1v) is 13.2. The molecule has 0 bridgehead atoms. The quantitative estimate of drug-likeness (QED) is 0.514. The van der Waals surface area contributed by atoms with Crippen molar-refractivity contribution < 1.29 is 19.4 Å². The maximum absolute atomic E-state index is 13.3. The van der Waals surface area contributed by atoms with Gasteiger partial charge in [-0.2, -0.15) is 0 Å². The van der Waals surface area contributed by atoms with Crippen LogP contribution in [0.1, 0.15) is 44.7 Å². The number of morpholine rings is 1. The number of rotatable bonds is 7. The molecule has 0 aliphatic carbocycles. The van der Waals surface area contributed by atoms with Gasteiger partial charge in [0.05, 0.1) is 18.1 Å². The first-order valence-electron chi connectivity index (χ1n) is 13.2. The number of benzene rings is 1. The third-order valence-corrected chi connectivity index (χ3v) is 7.32. The highest BCUT2D eigenvalue weighted by Gasteiger charge is 2.35. The van der Waals surface area contributed by atoms with Crippen LogP contribution in [0.15, 0.2) is 55.4 Å². The van der Waals surface area contributed by atoms with E-state index < -0.39 is 5.97 Å². The van der Waals surface area contributed by atoms with Crippen LogP contribution < -0.4 is 10.2 Å². The molecule has 9 nitrogen and oxygen atoms in total. The first-order chi connectivity index (χ1) is 18.3. The number of urea groups is 1. The van der Waals surface area contributed by atoms with Crippen molar-refractivity contribution in [1.82, 2.24) is 14.9 Å². The summed E-state index contributed by atoms with van der Waals surface area (Å²) in [6, 6.07) is 7.31. The summed E-state index contributed by atoms with van der Waals surface area (Å²) in [6.07, 6.45) is 8.79. The van der Waals surface area contributed by atoms with E-state index in [1.165, 1.54) is 0 Å². The summed E-state index contributed by atoms with van der Waals surface area (Å²) < 4.78 is 6.24. The molecule has 3 heterocycles. The summed E-state index contributed by atoms with van der Waals surface area (Å²) in [5, 5.41) is 12.3. The zero-order valence-corrected chi connectivity index (χ0v) is 22.3. The van der Waals surface area contributed by atoms with E-state index in [-0.39, 0.29) is 30.2 Å². The number of nitrogens with zero attached hydrogens (tertiary/aromatic N) is 4. The monoisotopic (exact) mass is 519 g/mol. The number of hydrogen-bond donors (Lipinski definition) is 2. The van der Waals surface area contributed by atoms with Crippen molar-refractivity contribution in [3.8, 4) is 0 Å². The SMILES string of the molecule is C=CC1C(C=C(C)c2cnc(N3CCC(C(=O)O)CC3)nc2)OC(C)CN1C(=O)Nc1ccccc1CC. The van der Waals surface area contributed by atoms with E-state index in [9.17, 15) is 14.7 Å². The molecule has 1 aromatic heterocycles. The van der Waals surface area contributed by atoms with Crippen LogP contribution in [-0.4, -0.2) is 69.9 Å². The second-order valence-electron chi connectivity index (χ2n) is 9.95. The maximum atomic E-state index is 13.3. The van der Waals surface area contributed by atoms with Gasteiger partial charge in [0.1, 0.15) is 6.10 Å². The predicted molar refractivity (Wildman–Crippen MR) is 148 cm³/mol. The molecule has 4 rings (SSSR count). The molecule has 2 aliphatic heterocycles. The third-order valence-electron chi connectivity index (χ3n) is 7.32. The van der Waals surface area contributed by atoms with Crippen LogP contribution >= 0.6 is 0 Å². The fraction of sp³-hybridized carbons (Fsp3) is 0.448. The van der Waals surface area contributed by atoms with E-state index in [0.29, 0.717) is 38.4 Å². The van der Waals surface area contributed by atoms with E-state index in [4.69, 9.17) is 4.74 Å². The third kappa shape index (κ3) is 6.22. The van der Waals surface area contributed by atoms with Gasteiger partial charge in [-0.25, -0.2) is 14.8 Å². The fourth-order valence-corrected chi connectivity index (χ4v) is 5.08. The second kappa shape index (κ2) is 12.2. The Hall–Kier alpha value is -3.72. The number of anilines is 2. The molecule has 9 heteroatoms. The molecule has 2 saturated heterocycles. The molecule has 38 heavy (non-hydrogen) atoms. The lowest BCUT2D eigenvalue weighted by Gasteiger charge is -2.41. The standard InChI is InChI=1S/C29H37N5O4/c1-5-21-9-7-8-10-24(21)32-29(37)34-18-20(4)38-26(25(34)6-2)15-19(3)23-16-30-28(31-17-23)33-13-11-22(12-14-33)27(35)36/h6-10,15-17,20,22,25-26H,2,5,11-14,18H2,1,3-4H3,(H,32,37)(H,35,36). The molecule has 1 aromatic carbocycles. The zero-order chi connectivity index (χ0) is 27.2. The van der Waals surface area contributed by atoms with Gasteiger partial charge in [0, 0.05) is 43.3 Å². The van der Waals surface area contributed by atoms with Crippen molar-refractivity contribution in [2.24, 2.45) is 5.92 Å². The van der Waals surface area contributed by atoms with Gasteiger partial charge in [0.15, 0.2) is 0 Å². The number of hydrogen-bond acceptors (Lipinski definition) is 6. The number of nitrogens with one attached hydrogen (secondary N) is 1. The Kier molecular flexibility index (Phi) is 8.78. The van der Waals surface area contributed by atoms with Crippen molar-refractivity contribution in [3.05, 3.63) is 66.5 Å². The summed E-state index contributed by atoms with van der Waals surface area (Å²) in [7, 11) is 0. The number of amides is 2. The van der Waals surface area contributed by atoms with E-state index >= 15 is 0 Å². The van der Waals surface area contributed by atoms with Crippen molar-refractivity contribution in [3.63, 3.8) is 0 Å². The smallest absolute Gasteiger partial charge is 0.322 e. The van der Waals surface area contributed by atoms with Crippen LogP contribution in [0.5, 0.6) is 0 Å². The Labute approximate surface area is 224 Å². The summed E-state index contributed by atoms with van der Waals surface area (Å²) >= 11 is 0. The van der Waals surface area contributed by atoms with E-state index in [0.717, 1.165) is 28.8 Å². The largest absolute Gasteiger partial charge is 0.481 e. The number of piperidine rings is 1. The molecule has 202 valence electrons. The van der Waals surface area contributed by atoms with Gasteiger partial charge in [-0.3, -0.25) is 4.79 Å². The summed E-state index contributed by atoms with van der Waals surface area (Å²) in [4.78, 5) is 37.4. The summed E-state index contributed by atoms with van der Waals surface area (Å²) in [5.41, 5.74) is 3.68. The number of aryl methyl sites for hydroxylation is 1. The Bertz CT molecular complexity index is 1170. The average Bonchev–Trinajstić information content (AvgIpc) is 2.93. The van der Waals surface area contributed by atoms with Crippen LogP contribution in [-0.2, 0) is 16.0 Å². The molecule has 0 spiro atoms. The number of aliphatic carboxylic acids is 1. The molecule has 0 radical (unpaired) electrons. The highest BCUT2D eigenvalue weighted by Crippen LogP contribution is 2.26. The summed E-state index contributed by atoms with van der Waals surface area (Å²) in [5.74, 6) is -0.429. The average molecular weight is 520 g/mol. The molecule has 2 N–H and O–H groups in total. The molecule has 0 saturated carbocycles. The van der Waals surface area contributed by atoms with Gasteiger partial charge in [0.2, 0.25) is 5.95 Å². The van der Waals surface area contributed by atoms with Crippen molar-refractivity contribution in [2.45, 2.75) is 58.3 Å². The minimum Gasteiger partial charge on any atom is -0.481 e. The van der Waals surface area contributed by atoms with E-state index in [1.807, 2.05) is 49.1 Å². The molecule has 3 atom stereocenters. The van der Waals surface area contributed by atoms with Crippen LogP contribution in [0, 0.1) is 5.92 Å². The number of para-hydroxylation sites is 1. The van der Waals surface area contributed by atoms with Crippen LogP contribution in [0.2, 0.25) is 0 Å². The predicted octanol–water partition coefficient (Wildman–Crippen LogP) is 4.62. The van der Waals surface area contributed by atoms with Crippen molar-refractivity contribution in [1.29, 1.82) is 0 Å². The van der Waals surface area contributed by atoms with Crippen molar-refractivity contribution in [2.75, 3.05) is 29.9 Å². The van der Waals surface area contributed by atoms with Gasteiger partial charge < -0.3 is 25.0 Å². The number of allylic oxidation sites excluding steroid dienone is 1. The topological polar surface area (TPSA) is 108 Å². The van der Waals surface area contributed by atoms with Gasteiger partial charge in [-0.15, -0.1) is 6.58 Å². The van der Waals surface area contributed by atoms with Crippen molar-refractivity contribution >= 4 is 29.2 Å². The zero-order valence-electron chi connectivity index (χ0n) is 22.3. The van der Waals surface area contributed by atoms with Crippen LogP contribution in [0.25, 0.3) is 5.57 Å². The van der Waals surface area contributed by atoms with Crippen LogP contribution in [0.4, 0.5) is 16.4 Å². The Morgan fingerprint density at radius 2 is 1.89 bits per heavy atom. The lowest BCUT2D eigenvalue weighted by atomic mass is 9.97. The summed E-state index contributed by atoms with van der Waals surface area (Å²) in [6.45, 7) is 11.7. The first kappa shape index (κ1) is 27.3. The van der Waals surface area contributed by atoms with Gasteiger partial charge >= 0.3 is 12.0 Å². The number of carboxylic acid groups (broad SMARTS) is 1. The minimum atomic E-state index is -0.736. The molecule has 2 aromatic rings. The van der Waals surface area contributed by atoms with E-state index in [2.05, 4.69) is 28.8 Å². The molecule has 2 aliphatic rings.